The van der Waals surface area contributed by atoms with Gasteiger partial charge in [0.05, 0.1) is 27.8 Å². The molecule has 0 bridgehead atoms. The van der Waals surface area contributed by atoms with Crippen molar-refractivity contribution >= 4 is 11.9 Å². The first-order valence-corrected chi connectivity index (χ1v) is 6.58. The first-order chi connectivity index (χ1) is 10.2. The van der Waals surface area contributed by atoms with E-state index in [9.17, 15) is 9.59 Å². The van der Waals surface area contributed by atoms with E-state index in [2.05, 4.69) is 5.32 Å². The minimum absolute atomic E-state index is 0.00652. The number of methoxy groups -OCH3 is 3. The Bertz CT molecular complexity index is 542. The SMILES string of the molecule is COc1cc(CC(=O)NC(C)(C)C(=O)O)cc(OC)c1OC. The van der Waals surface area contributed by atoms with Crippen LogP contribution in [0.5, 0.6) is 17.2 Å². The van der Waals surface area contributed by atoms with Crippen LogP contribution in [0.25, 0.3) is 0 Å². The number of ether oxygens (including phenoxy) is 3. The minimum atomic E-state index is -1.34. The summed E-state index contributed by atoms with van der Waals surface area (Å²) in [4.78, 5) is 23.0. The molecule has 7 nitrogen and oxygen atoms in total. The summed E-state index contributed by atoms with van der Waals surface area (Å²) in [5.74, 6) is -0.225. The second-order valence-electron chi connectivity index (χ2n) is 5.19. The van der Waals surface area contributed by atoms with E-state index in [0.717, 1.165) is 0 Å². The predicted molar refractivity (Wildman–Crippen MR) is 79.7 cm³/mol. The molecule has 0 aliphatic heterocycles. The predicted octanol–water partition coefficient (Wildman–Crippen LogP) is 1.23. The van der Waals surface area contributed by atoms with Crippen LogP contribution in [0.4, 0.5) is 0 Å². The maximum atomic E-state index is 12.0. The molecule has 0 spiro atoms. The van der Waals surface area contributed by atoms with Crippen LogP contribution >= 0.6 is 0 Å². The Balaban J connectivity index is 2.99. The van der Waals surface area contributed by atoms with Crippen LogP contribution in [0.1, 0.15) is 19.4 Å². The Morgan fingerprint density at radius 1 is 1.09 bits per heavy atom. The number of hydrogen-bond donors (Lipinski definition) is 2. The Hall–Kier alpha value is -2.44. The van der Waals surface area contributed by atoms with Gasteiger partial charge in [0.15, 0.2) is 11.5 Å². The van der Waals surface area contributed by atoms with Gasteiger partial charge in [-0.05, 0) is 31.5 Å². The first kappa shape index (κ1) is 17.6. The van der Waals surface area contributed by atoms with E-state index < -0.39 is 17.4 Å². The Labute approximate surface area is 129 Å². The van der Waals surface area contributed by atoms with Crippen LogP contribution in [0.3, 0.4) is 0 Å². The van der Waals surface area contributed by atoms with E-state index in [0.29, 0.717) is 22.8 Å². The number of rotatable bonds is 7. The van der Waals surface area contributed by atoms with Gasteiger partial charge in [0.2, 0.25) is 11.7 Å². The molecule has 0 unspecified atom stereocenters. The molecule has 0 aromatic heterocycles. The molecule has 1 amide bonds. The number of carbonyl (C=O) groups excluding carboxylic acids is 1. The fourth-order valence-electron chi connectivity index (χ4n) is 1.87. The summed E-state index contributed by atoms with van der Waals surface area (Å²) in [5.41, 5.74) is -0.717. The third-order valence-electron chi connectivity index (χ3n) is 3.08. The zero-order chi connectivity index (χ0) is 16.9. The second-order valence-corrected chi connectivity index (χ2v) is 5.19. The molecule has 7 heteroatoms. The number of carboxylic acid groups (broad SMARTS) is 1. The molecular formula is C15H21NO6. The van der Waals surface area contributed by atoms with Crippen molar-refractivity contribution in [3.63, 3.8) is 0 Å². The average molecular weight is 311 g/mol. The number of nitrogens with one attached hydrogen (secondary N) is 1. The van der Waals surface area contributed by atoms with Crippen LogP contribution in [0.15, 0.2) is 12.1 Å². The molecule has 0 heterocycles. The minimum Gasteiger partial charge on any atom is -0.493 e. The fourth-order valence-corrected chi connectivity index (χ4v) is 1.87. The summed E-state index contributed by atoms with van der Waals surface area (Å²) >= 11 is 0. The Kier molecular flexibility index (Phi) is 5.62. The molecule has 0 aliphatic rings. The number of carbonyl (C=O) groups is 2. The first-order valence-electron chi connectivity index (χ1n) is 6.58. The van der Waals surface area contributed by atoms with E-state index in [1.54, 1.807) is 12.1 Å². The fraction of sp³-hybridized carbons (Fsp3) is 0.467. The van der Waals surface area contributed by atoms with E-state index in [-0.39, 0.29) is 6.42 Å². The van der Waals surface area contributed by atoms with Gasteiger partial charge in [0.25, 0.3) is 0 Å². The third-order valence-corrected chi connectivity index (χ3v) is 3.08. The zero-order valence-corrected chi connectivity index (χ0v) is 13.4. The monoisotopic (exact) mass is 311 g/mol. The van der Waals surface area contributed by atoms with Crippen LogP contribution in [-0.4, -0.2) is 43.9 Å². The van der Waals surface area contributed by atoms with Gasteiger partial charge in [-0.25, -0.2) is 4.79 Å². The molecular weight excluding hydrogens is 290 g/mol. The highest BCUT2D eigenvalue weighted by Crippen LogP contribution is 2.38. The van der Waals surface area contributed by atoms with Crippen molar-refractivity contribution in [1.82, 2.24) is 5.32 Å². The van der Waals surface area contributed by atoms with Crippen molar-refractivity contribution in [1.29, 1.82) is 0 Å². The molecule has 2 N–H and O–H groups in total. The number of hydrogen-bond acceptors (Lipinski definition) is 5. The van der Waals surface area contributed by atoms with Gasteiger partial charge >= 0.3 is 5.97 Å². The molecule has 22 heavy (non-hydrogen) atoms. The number of carboxylic acids is 1. The molecule has 1 rings (SSSR count). The van der Waals surface area contributed by atoms with Gasteiger partial charge in [0.1, 0.15) is 5.54 Å². The van der Waals surface area contributed by atoms with E-state index in [1.165, 1.54) is 35.2 Å². The van der Waals surface area contributed by atoms with Crippen molar-refractivity contribution in [2.24, 2.45) is 0 Å². The topological polar surface area (TPSA) is 94.1 Å². The van der Waals surface area contributed by atoms with Crippen LogP contribution in [-0.2, 0) is 16.0 Å². The van der Waals surface area contributed by atoms with Crippen molar-refractivity contribution in [2.75, 3.05) is 21.3 Å². The molecule has 0 fully saturated rings. The summed E-state index contributed by atoms with van der Waals surface area (Å²) in [6, 6.07) is 3.30. The Morgan fingerprint density at radius 3 is 1.95 bits per heavy atom. The van der Waals surface area contributed by atoms with Crippen molar-refractivity contribution < 1.29 is 28.9 Å². The summed E-state index contributed by atoms with van der Waals surface area (Å²) < 4.78 is 15.6. The average Bonchev–Trinajstić information content (AvgIpc) is 2.45. The van der Waals surface area contributed by atoms with E-state index >= 15 is 0 Å². The van der Waals surface area contributed by atoms with Gasteiger partial charge in [0, 0.05) is 0 Å². The number of aliphatic carboxylic acids is 1. The number of amides is 1. The van der Waals surface area contributed by atoms with Gasteiger partial charge < -0.3 is 24.6 Å². The lowest BCUT2D eigenvalue weighted by Gasteiger charge is -2.21. The third kappa shape index (κ3) is 4.03. The smallest absolute Gasteiger partial charge is 0.328 e. The summed E-state index contributed by atoms with van der Waals surface area (Å²) in [6.45, 7) is 2.84. The largest absolute Gasteiger partial charge is 0.493 e. The standard InChI is InChI=1S/C15H21NO6/c1-15(2,14(18)19)16-12(17)8-9-6-10(20-3)13(22-5)11(7-9)21-4/h6-7H,8H2,1-5H3,(H,16,17)(H,18,19). The lowest BCUT2D eigenvalue weighted by atomic mass is 10.0. The summed E-state index contributed by atoms with van der Waals surface area (Å²) in [7, 11) is 4.45. The van der Waals surface area contributed by atoms with Gasteiger partial charge in [-0.15, -0.1) is 0 Å². The highest BCUT2D eigenvalue weighted by atomic mass is 16.5. The molecule has 0 radical (unpaired) electrons. The van der Waals surface area contributed by atoms with Gasteiger partial charge in [-0.1, -0.05) is 0 Å². The zero-order valence-electron chi connectivity index (χ0n) is 13.4. The van der Waals surface area contributed by atoms with Crippen LogP contribution in [0.2, 0.25) is 0 Å². The highest BCUT2D eigenvalue weighted by Gasteiger charge is 2.29. The Morgan fingerprint density at radius 2 is 1.59 bits per heavy atom. The van der Waals surface area contributed by atoms with Crippen molar-refractivity contribution in [3.8, 4) is 17.2 Å². The van der Waals surface area contributed by atoms with Crippen LogP contribution in [0, 0.1) is 0 Å². The molecule has 122 valence electrons. The summed E-state index contributed by atoms with van der Waals surface area (Å²) in [5, 5.41) is 11.5. The van der Waals surface area contributed by atoms with E-state index in [4.69, 9.17) is 19.3 Å². The molecule has 1 aromatic rings. The molecule has 0 saturated carbocycles. The second kappa shape index (κ2) is 7.02. The highest BCUT2D eigenvalue weighted by molar-refractivity contribution is 5.87. The maximum absolute atomic E-state index is 12.0. The molecule has 0 atom stereocenters. The quantitative estimate of drug-likeness (QED) is 0.786. The summed E-state index contributed by atoms with van der Waals surface area (Å²) in [6.07, 6.45) is -0.00652. The van der Waals surface area contributed by atoms with E-state index in [1.807, 2.05) is 0 Å². The maximum Gasteiger partial charge on any atom is 0.328 e. The molecule has 0 aliphatic carbocycles. The van der Waals surface area contributed by atoms with Crippen molar-refractivity contribution in [2.45, 2.75) is 25.8 Å². The molecule has 0 saturated heterocycles. The number of benzene rings is 1. The molecule has 1 aromatic carbocycles. The van der Waals surface area contributed by atoms with Gasteiger partial charge in [-0.2, -0.15) is 0 Å². The van der Waals surface area contributed by atoms with Crippen LogP contribution < -0.4 is 19.5 Å². The van der Waals surface area contributed by atoms with Gasteiger partial charge in [-0.3, -0.25) is 4.79 Å². The lowest BCUT2D eigenvalue weighted by molar-refractivity contribution is -0.145. The van der Waals surface area contributed by atoms with Crippen molar-refractivity contribution in [3.05, 3.63) is 17.7 Å². The lowest BCUT2D eigenvalue weighted by Crippen LogP contribution is -2.50. The normalized spacial score (nSPS) is 10.8.